The van der Waals surface area contributed by atoms with Gasteiger partial charge in [0.05, 0.1) is 76.2 Å². The first kappa shape index (κ1) is 71.2. The number of carbonyl (C=O) groups excluding carboxylic acids is 1. The first-order chi connectivity index (χ1) is 49.2. The summed E-state index contributed by atoms with van der Waals surface area (Å²) in [5.41, 5.74) is 20.3. The molecular formula is C80H75F3N11O8PS. The van der Waals surface area contributed by atoms with Crippen LogP contribution in [0.5, 0.6) is 0 Å². The largest absolute Gasteiger partial charge is 0.478 e. The zero-order chi connectivity index (χ0) is 74.3. The van der Waals surface area contributed by atoms with Crippen LogP contribution in [0, 0.1) is 24.4 Å². The number of halogens is 3. The quantitative estimate of drug-likeness (QED) is 0.0445. The first-order valence-corrected chi connectivity index (χ1v) is 37.9. The molecule has 0 bridgehead atoms. The first-order valence-electron chi connectivity index (χ1n) is 33.3. The molecule has 7 aromatic heterocycles. The highest BCUT2D eigenvalue weighted by atomic mass is 32.2. The number of aliphatic hydroxyl groups excluding tert-OH is 2. The van der Waals surface area contributed by atoms with Crippen LogP contribution in [0.2, 0.25) is 0 Å². The Bertz CT molecular complexity index is 6030. The molecular weight excluding hydrogens is 1360 g/mol. The van der Waals surface area contributed by atoms with Crippen molar-refractivity contribution in [2.45, 2.75) is 64.7 Å². The van der Waals surface area contributed by atoms with Crippen molar-refractivity contribution < 1.29 is 51.1 Å². The van der Waals surface area contributed by atoms with Crippen LogP contribution in [0.3, 0.4) is 0 Å². The van der Waals surface area contributed by atoms with Gasteiger partial charge in [-0.1, -0.05) is 65.8 Å². The Balaban J connectivity index is 0.000000139. The second kappa shape index (κ2) is 26.9. The average Bonchev–Trinajstić information content (AvgIpc) is 1.58. The number of H-pyrrole nitrogens is 3. The highest BCUT2D eigenvalue weighted by Crippen LogP contribution is 2.49. The number of nitrogens with one attached hydrogen (secondary N) is 3. The van der Waals surface area contributed by atoms with Crippen molar-refractivity contribution >= 4 is 99.7 Å². The summed E-state index contributed by atoms with van der Waals surface area (Å²) in [5, 5.41) is 57.3. The van der Waals surface area contributed by atoms with E-state index in [1.165, 1.54) is 54.8 Å². The number of nitrogens with zero attached hydrogens (tertiary/aromatic N) is 7. The Morgan fingerprint density at radius 3 is 1.14 bits per heavy atom. The Kier molecular flexibility index (Phi) is 18.4. The summed E-state index contributed by atoms with van der Waals surface area (Å²) in [7, 11) is -5.93. The lowest BCUT2D eigenvalue weighted by molar-refractivity contribution is 0.0696. The molecule has 8 aromatic carbocycles. The van der Waals surface area contributed by atoms with E-state index in [1.807, 2.05) is 95.5 Å². The average molecular weight is 1440 g/mol. The number of hydrogen-bond donors (Lipinski definition) is 7. The van der Waals surface area contributed by atoms with Crippen molar-refractivity contribution in [1.29, 1.82) is 0 Å². The molecule has 15 aromatic rings. The van der Waals surface area contributed by atoms with Gasteiger partial charge in [0, 0.05) is 123 Å². The third kappa shape index (κ3) is 13.4. The third-order valence-electron chi connectivity index (χ3n) is 18.9. The second-order valence-corrected chi connectivity index (χ2v) is 33.9. The predicted molar refractivity (Wildman–Crippen MR) is 405 cm³/mol. The van der Waals surface area contributed by atoms with Crippen molar-refractivity contribution in [3.63, 3.8) is 0 Å². The topological polar surface area (TPSA) is 286 Å². The van der Waals surface area contributed by atoms with Gasteiger partial charge in [-0.3, -0.25) is 25.1 Å². The molecule has 530 valence electrons. The Labute approximate surface area is 596 Å². The number of sulfone groups is 1. The smallest absolute Gasteiger partial charge is 0.335 e. The Hall–Kier alpha value is -11.2. The van der Waals surface area contributed by atoms with Gasteiger partial charge in [0.25, 0.3) is 0 Å². The summed E-state index contributed by atoms with van der Waals surface area (Å²) in [6, 6.07) is 46.5. The Morgan fingerprint density at radius 1 is 0.500 bits per heavy atom. The molecule has 0 spiro atoms. The number of hydrogen-bond acceptors (Lipinski definition) is 11. The van der Waals surface area contributed by atoms with Crippen molar-refractivity contribution in [3.05, 3.63) is 240 Å². The summed E-state index contributed by atoms with van der Waals surface area (Å²) < 4.78 is 85.4. The molecule has 15 rings (SSSR count). The van der Waals surface area contributed by atoms with E-state index in [4.69, 9.17) is 5.73 Å². The summed E-state index contributed by atoms with van der Waals surface area (Å²) in [4.78, 5) is 27.7. The number of carboxylic acids is 1. The molecule has 24 heteroatoms. The molecule has 8 N–H and O–H groups in total. The molecule has 19 nitrogen and oxygen atoms in total. The molecule has 1 amide bonds. The van der Waals surface area contributed by atoms with E-state index in [0.717, 1.165) is 133 Å². The summed E-state index contributed by atoms with van der Waals surface area (Å²) >= 11 is 0. The zero-order valence-electron chi connectivity index (χ0n) is 58.6. The molecule has 0 radical (unpaired) electrons. The summed E-state index contributed by atoms with van der Waals surface area (Å²) in [6.45, 7) is 16.8. The lowest BCUT2D eigenvalue weighted by atomic mass is 9.84. The van der Waals surface area contributed by atoms with E-state index in [0.29, 0.717) is 16.7 Å². The zero-order valence-corrected chi connectivity index (χ0v) is 60.3. The maximum absolute atomic E-state index is 13.9. The van der Waals surface area contributed by atoms with Crippen LogP contribution >= 0.6 is 7.14 Å². The number of fused-ring (bicyclic) bond motifs is 6. The van der Waals surface area contributed by atoms with E-state index in [2.05, 4.69) is 56.8 Å². The molecule has 0 fully saturated rings. The number of aliphatic hydroxyl groups is 2. The molecule has 0 unspecified atom stereocenters. The van der Waals surface area contributed by atoms with Crippen LogP contribution in [-0.4, -0.2) is 123 Å². The fourth-order valence-electron chi connectivity index (χ4n) is 14.3. The van der Waals surface area contributed by atoms with E-state index in [9.17, 15) is 51.1 Å². The number of carbonyl (C=O) groups is 2. The van der Waals surface area contributed by atoms with Gasteiger partial charge >= 0.3 is 5.97 Å². The van der Waals surface area contributed by atoms with E-state index in [-0.39, 0.29) is 42.0 Å². The molecule has 0 saturated carbocycles. The fourth-order valence-corrected chi connectivity index (χ4v) is 17.0. The third-order valence-corrected chi connectivity index (χ3v) is 21.6. The van der Waals surface area contributed by atoms with Crippen LogP contribution in [0.25, 0.3) is 116 Å². The number of pyridine rings is 1. The summed E-state index contributed by atoms with van der Waals surface area (Å²) in [5.74, 6) is -2.68. The van der Waals surface area contributed by atoms with Gasteiger partial charge in [0.1, 0.15) is 39.9 Å². The number of benzene rings is 8. The predicted octanol–water partition coefficient (Wildman–Crippen LogP) is 15.5. The number of carboxylic acid groups (broad SMARTS) is 1. The molecule has 0 saturated heterocycles. The number of aromatic amines is 3. The minimum absolute atomic E-state index is 0.0967. The minimum atomic E-state index is -3.38. The van der Waals surface area contributed by atoms with Crippen molar-refractivity contribution in [1.82, 2.24) is 49.3 Å². The lowest BCUT2D eigenvalue weighted by Crippen LogP contribution is -2.30. The lowest BCUT2D eigenvalue weighted by Gasteiger charge is -2.28. The molecule has 7 heterocycles. The number of nitrogens with two attached hydrogens (primary N) is 1. The van der Waals surface area contributed by atoms with Crippen LogP contribution in [0.4, 0.5) is 13.2 Å². The normalized spacial score (nSPS) is 12.4. The standard InChI is InChI=1S/C27H28FN4O2P.C27H24FN3O4S.C26H23FN4O2/c1-16-10-18(13-29-26(16)35(4,5)34)24-21-12-22-17(14-30-31-22)11-23(21)32(25(24)27(2,3)15-33)20-8-6-19(28)7-9-20;1-27(2,15-36(3,34)35)25-24(16-4-6-17(7-5-16)26(32)33)21-13-22-18(14-29-30-22)12-23(21)31(25)20-10-8-19(28)9-11-20;1-26(2,14-32)24-23(15-3-5-16(6-4-15)25(28)33)20-12-21-17(13-29-30-21)11-22(20)31(24)19-9-7-18(27)8-10-19/h6-14,33H,15H2,1-5H3,(H,30,31);4-14H,15H2,1-3H3,(H,29,30)(H,32,33);3-13,32H,14H2,1-2H3,(H2,28,33)(H,29,30). The van der Waals surface area contributed by atoms with Gasteiger partial charge in [-0.05, 0) is 176 Å². The highest BCUT2D eigenvalue weighted by Gasteiger charge is 2.37. The molecule has 0 atom stereocenters. The van der Waals surface area contributed by atoms with E-state index in [1.54, 1.807) is 98.8 Å². The minimum Gasteiger partial charge on any atom is -0.478 e. The number of aryl methyl sites for hydroxylation is 1. The monoisotopic (exact) mass is 1440 g/mol. The van der Waals surface area contributed by atoms with Crippen LogP contribution in [0.1, 0.15) is 84.9 Å². The number of rotatable bonds is 16. The van der Waals surface area contributed by atoms with Crippen molar-refractivity contribution in [2.24, 2.45) is 5.73 Å². The number of aromatic carboxylic acids is 1. The van der Waals surface area contributed by atoms with Gasteiger partial charge in [-0.15, -0.1) is 0 Å². The van der Waals surface area contributed by atoms with Gasteiger partial charge < -0.3 is 39.3 Å². The van der Waals surface area contributed by atoms with Gasteiger partial charge in [-0.2, -0.15) is 15.3 Å². The Morgan fingerprint density at radius 2 is 0.837 bits per heavy atom. The molecule has 104 heavy (non-hydrogen) atoms. The number of amides is 1. The SMILES string of the molecule is CC(C)(CO)c1c(-c2ccc(C(N)=O)cc2)c2cc3[nH]ncc3cc2n1-c1ccc(F)cc1.CC(C)(CS(C)(=O)=O)c1c(-c2ccc(C(=O)O)cc2)c2cc3[nH]ncc3cc2n1-c1ccc(F)cc1.Cc1cc(-c2c(C(C)(C)CO)n(-c3ccc(F)cc3)c3cc4cn[nH]c4cc23)cnc1P(C)(C)=O. The van der Waals surface area contributed by atoms with Crippen molar-refractivity contribution in [2.75, 3.05) is 38.6 Å². The van der Waals surface area contributed by atoms with Gasteiger partial charge in [-0.25, -0.2) is 26.4 Å². The molecule has 0 aliphatic carbocycles. The highest BCUT2D eigenvalue weighted by molar-refractivity contribution is 7.90. The maximum atomic E-state index is 13.9. The van der Waals surface area contributed by atoms with Crippen LogP contribution in [-0.2, 0) is 30.6 Å². The number of primary amides is 1. The molecule has 0 aliphatic heterocycles. The second-order valence-electron chi connectivity index (χ2n) is 28.7. The number of aromatic nitrogens is 10. The fraction of sp³-hybridized carbons (Fsp3) is 0.200. The summed E-state index contributed by atoms with van der Waals surface area (Å²) in [6.07, 6.45) is 8.21. The van der Waals surface area contributed by atoms with E-state index < -0.39 is 45.1 Å². The van der Waals surface area contributed by atoms with Crippen LogP contribution < -0.4 is 11.2 Å². The van der Waals surface area contributed by atoms with Gasteiger partial charge in [0.2, 0.25) is 5.91 Å². The van der Waals surface area contributed by atoms with Gasteiger partial charge in [0.15, 0.2) is 0 Å². The maximum Gasteiger partial charge on any atom is 0.335 e. The van der Waals surface area contributed by atoms with E-state index >= 15 is 0 Å². The molecule has 0 aliphatic rings. The van der Waals surface area contributed by atoms with Crippen LogP contribution in [0.15, 0.2) is 189 Å². The van der Waals surface area contributed by atoms with Crippen molar-refractivity contribution in [3.8, 4) is 50.4 Å².